The SMILES string of the molecule is CCCCN(C)Cc1cccn1-c1cccnc1. The van der Waals surface area contributed by atoms with Crippen molar-refractivity contribution in [3.05, 3.63) is 48.5 Å². The van der Waals surface area contributed by atoms with Crippen molar-refractivity contribution in [2.75, 3.05) is 13.6 Å². The van der Waals surface area contributed by atoms with Gasteiger partial charge in [0.2, 0.25) is 0 Å². The minimum atomic E-state index is 0.974. The molecule has 0 amide bonds. The molecule has 0 atom stereocenters. The van der Waals surface area contributed by atoms with E-state index in [0.29, 0.717) is 0 Å². The second-order valence-corrected chi connectivity index (χ2v) is 4.67. The van der Waals surface area contributed by atoms with Crippen LogP contribution >= 0.6 is 0 Å². The van der Waals surface area contributed by atoms with Crippen LogP contribution in [-0.4, -0.2) is 28.0 Å². The van der Waals surface area contributed by atoms with Gasteiger partial charge in [-0.1, -0.05) is 13.3 Å². The van der Waals surface area contributed by atoms with Crippen molar-refractivity contribution in [2.45, 2.75) is 26.3 Å². The minimum absolute atomic E-state index is 0.974. The molecule has 0 N–H and O–H groups in total. The van der Waals surface area contributed by atoms with Crippen LogP contribution < -0.4 is 0 Å². The van der Waals surface area contributed by atoms with Gasteiger partial charge in [0.1, 0.15) is 0 Å². The Balaban J connectivity index is 2.09. The zero-order chi connectivity index (χ0) is 12.8. The average molecular weight is 243 g/mol. The summed E-state index contributed by atoms with van der Waals surface area (Å²) in [6.07, 6.45) is 8.30. The Bertz CT molecular complexity index is 462. The van der Waals surface area contributed by atoms with Crippen LogP contribution in [-0.2, 0) is 6.54 Å². The molecule has 2 rings (SSSR count). The lowest BCUT2D eigenvalue weighted by Gasteiger charge is -2.17. The highest BCUT2D eigenvalue weighted by molar-refractivity contribution is 5.31. The molecule has 96 valence electrons. The fourth-order valence-corrected chi connectivity index (χ4v) is 2.08. The normalized spacial score (nSPS) is 11.1. The Morgan fingerprint density at radius 2 is 2.17 bits per heavy atom. The topological polar surface area (TPSA) is 21.1 Å². The van der Waals surface area contributed by atoms with E-state index in [9.17, 15) is 0 Å². The van der Waals surface area contributed by atoms with E-state index in [1.165, 1.54) is 18.5 Å². The molecule has 3 nitrogen and oxygen atoms in total. The van der Waals surface area contributed by atoms with Gasteiger partial charge >= 0.3 is 0 Å². The summed E-state index contributed by atoms with van der Waals surface area (Å²) in [5.41, 5.74) is 2.43. The van der Waals surface area contributed by atoms with Crippen molar-refractivity contribution in [3.63, 3.8) is 0 Å². The van der Waals surface area contributed by atoms with E-state index in [2.05, 4.69) is 52.8 Å². The summed E-state index contributed by atoms with van der Waals surface area (Å²) < 4.78 is 2.20. The summed E-state index contributed by atoms with van der Waals surface area (Å²) >= 11 is 0. The molecule has 0 aromatic carbocycles. The molecule has 2 heterocycles. The van der Waals surface area contributed by atoms with Gasteiger partial charge in [0, 0.05) is 24.6 Å². The lowest BCUT2D eigenvalue weighted by atomic mass is 10.3. The van der Waals surface area contributed by atoms with Crippen LogP contribution in [0.25, 0.3) is 5.69 Å². The summed E-state index contributed by atoms with van der Waals surface area (Å²) in [5, 5.41) is 0. The largest absolute Gasteiger partial charge is 0.318 e. The predicted molar refractivity (Wildman–Crippen MR) is 74.8 cm³/mol. The number of nitrogens with zero attached hydrogens (tertiary/aromatic N) is 3. The van der Waals surface area contributed by atoms with Gasteiger partial charge in [0.15, 0.2) is 0 Å². The summed E-state index contributed by atoms with van der Waals surface area (Å²) in [5.74, 6) is 0. The molecule has 18 heavy (non-hydrogen) atoms. The lowest BCUT2D eigenvalue weighted by molar-refractivity contribution is 0.315. The third-order valence-corrected chi connectivity index (χ3v) is 3.08. The van der Waals surface area contributed by atoms with Gasteiger partial charge in [-0.25, -0.2) is 0 Å². The fourth-order valence-electron chi connectivity index (χ4n) is 2.08. The van der Waals surface area contributed by atoms with Crippen LogP contribution in [0.15, 0.2) is 42.9 Å². The van der Waals surface area contributed by atoms with Crippen LogP contribution in [0.1, 0.15) is 25.5 Å². The van der Waals surface area contributed by atoms with E-state index in [-0.39, 0.29) is 0 Å². The highest BCUT2D eigenvalue weighted by Crippen LogP contribution is 2.13. The molecule has 0 unspecified atom stereocenters. The van der Waals surface area contributed by atoms with Gasteiger partial charge in [0.25, 0.3) is 0 Å². The van der Waals surface area contributed by atoms with E-state index < -0.39 is 0 Å². The van der Waals surface area contributed by atoms with Gasteiger partial charge in [-0.15, -0.1) is 0 Å². The molecule has 0 saturated carbocycles. The molecule has 0 bridgehead atoms. The highest BCUT2D eigenvalue weighted by Gasteiger charge is 2.06. The number of hydrogen-bond donors (Lipinski definition) is 0. The Morgan fingerprint density at radius 3 is 2.89 bits per heavy atom. The summed E-state index contributed by atoms with van der Waals surface area (Å²) in [6, 6.07) is 8.33. The zero-order valence-electron chi connectivity index (χ0n) is 11.2. The number of pyridine rings is 1. The van der Waals surface area contributed by atoms with E-state index in [4.69, 9.17) is 0 Å². The Labute approximate surface area is 109 Å². The monoisotopic (exact) mass is 243 g/mol. The third-order valence-electron chi connectivity index (χ3n) is 3.08. The molecule has 0 spiro atoms. The minimum Gasteiger partial charge on any atom is -0.318 e. The second-order valence-electron chi connectivity index (χ2n) is 4.67. The Kier molecular flexibility index (Phi) is 4.53. The summed E-state index contributed by atoms with van der Waals surface area (Å²) in [7, 11) is 2.18. The standard InChI is InChI=1S/C15H21N3/c1-3-4-10-17(2)13-15-8-6-11-18(15)14-7-5-9-16-12-14/h5-9,11-12H,3-4,10,13H2,1-2H3. The summed E-state index contributed by atoms with van der Waals surface area (Å²) in [4.78, 5) is 6.54. The molecule has 2 aromatic rings. The van der Waals surface area contributed by atoms with Crippen LogP contribution in [0.2, 0.25) is 0 Å². The molecule has 0 aliphatic carbocycles. The van der Waals surface area contributed by atoms with Crippen molar-refractivity contribution in [3.8, 4) is 5.69 Å². The first kappa shape index (κ1) is 12.8. The molecule has 0 fully saturated rings. The number of rotatable bonds is 6. The van der Waals surface area contributed by atoms with Gasteiger partial charge < -0.3 is 9.47 Å². The van der Waals surface area contributed by atoms with Crippen molar-refractivity contribution >= 4 is 0 Å². The van der Waals surface area contributed by atoms with Gasteiger partial charge in [-0.2, -0.15) is 0 Å². The molecule has 2 aromatic heterocycles. The van der Waals surface area contributed by atoms with E-state index in [0.717, 1.165) is 18.8 Å². The first-order valence-corrected chi connectivity index (χ1v) is 6.56. The van der Waals surface area contributed by atoms with Gasteiger partial charge in [0.05, 0.1) is 11.9 Å². The molecule has 0 aliphatic heterocycles. The molecular formula is C15H21N3. The van der Waals surface area contributed by atoms with Crippen molar-refractivity contribution in [1.82, 2.24) is 14.5 Å². The average Bonchev–Trinajstić information content (AvgIpc) is 2.85. The van der Waals surface area contributed by atoms with E-state index >= 15 is 0 Å². The highest BCUT2D eigenvalue weighted by atomic mass is 15.1. The van der Waals surface area contributed by atoms with Gasteiger partial charge in [-0.05, 0) is 44.3 Å². The van der Waals surface area contributed by atoms with Crippen molar-refractivity contribution < 1.29 is 0 Å². The van der Waals surface area contributed by atoms with E-state index in [1.807, 2.05) is 12.3 Å². The molecule has 3 heteroatoms. The maximum atomic E-state index is 4.18. The maximum Gasteiger partial charge on any atom is 0.0636 e. The van der Waals surface area contributed by atoms with Crippen molar-refractivity contribution in [2.24, 2.45) is 0 Å². The number of unbranched alkanes of at least 4 members (excludes halogenated alkanes) is 1. The van der Waals surface area contributed by atoms with Gasteiger partial charge in [-0.3, -0.25) is 4.98 Å². The second kappa shape index (κ2) is 6.36. The Hall–Kier alpha value is -1.61. The lowest BCUT2D eigenvalue weighted by Crippen LogP contribution is -2.20. The van der Waals surface area contributed by atoms with Crippen LogP contribution in [0, 0.1) is 0 Å². The quantitative estimate of drug-likeness (QED) is 0.777. The fraction of sp³-hybridized carbons (Fsp3) is 0.400. The molecule has 0 aliphatic rings. The molecule has 0 radical (unpaired) electrons. The smallest absolute Gasteiger partial charge is 0.0636 e. The van der Waals surface area contributed by atoms with Crippen molar-refractivity contribution in [1.29, 1.82) is 0 Å². The number of aromatic nitrogens is 2. The molecule has 0 saturated heterocycles. The first-order chi connectivity index (χ1) is 8.81. The predicted octanol–water partition coefficient (Wildman–Crippen LogP) is 3.10. The van der Waals surface area contributed by atoms with Crippen LogP contribution in [0.5, 0.6) is 0 Å². The summed E-state index contributed by atoms with van der Waals surface area (Å²) in [6.45, 7) is 4.35. The maximum absolute atomic E-state index is 4.18. The third kappa shape index (κ3) is 3.20. The van der Waals surface area contributed by atoms with E-state index in [1.54, 1.807) is 6.20 Å². The zero-order valence-corrected chi connectivity index (χ0v) is 11.2. The number of hydrogen-bond acceptors (Lipinski definition) is 2. The van der Waals surface area contributed by atoms with Crippen LogP contribution in [0.4, 0.5) is 0 Å². The Morgan fingerprint density at radius 1 is 1.28 bits per heavy atom. The first-order valence-electron chi connectivity index (χ1n) is 6.56. The van der Waals surface area contributed by atoms with Crippen LogP contribution in [0.3, 0.4) is 0 Å². The molecular weight excluding hydrogens is 222 g/mol.